The Balaban J connectivity index is 2.07. The molecule has 0 fully saturated rings. The summed E-state index contributed by atoms with van der Waals surface area (Å²) in [6.07, 6.45) is 2.67. The first-order valence-electron chi connectivity index (χ1n) is 6.01. The summed E-state index contributed by atoms with van der Waals surface area (Å²) in [6, 6.07) is 7.74. The van der Waals surface area contributed by atoms with Crippen LogP contribution in [0.3, 0.4) is 0 Å². The van der Waals surface area contributed by atoms with Crippen LogP contribution in [0.2, 0.25) is 0 Å². The van der Waals surface area contributed by atoms with Gasteiger partial charge in [-0.25, -0.2) is 0 Å². The quantitative estimate of drug-likeness (QED) is 0.628. The second-order valence-corrected chi connectivity index (χ2v) is 4.11. The minimum absolute atomic E-state index is 0.553. The van der Waals surface area contributed by atoms with Gasteiger partial charge in [-0.15, -0.1) is 0 Å². The van der Waals surface area contributed by atoms with E-state index < -0.39 is 0 Å². The highest BCUT2D eigenvalue weighted by molar-refractivity contribution is 5.92. The Morgan fingerprint density at radius 3 is 2.94 bits per heavy atom. The molecule has 0 spiro atoms. The zero-order chi connectivity index (χ0) is 12.8. The van der Waals surface area contributed by atoms with Crippen molar-refractivity contribution < 1.29 is 9.47 Å². The van der Waals surface area contributed by atoms with Crippen LogP contribution in [0.15, 0.2) is 30.5 Å². The first-order valence-corrected chi connectivity index (χ1v) is 6.01. The molecule has 4 nitrogen and oxygen atoms in total. The SMILES string of the molecule is COCCCOCc1ccc(N)c2cccnc12. The molecule has 0 atom stereocenters. The molecule has 1 aromatic heterocycles. The Labute approximate surface area is 107 Å². The second-order valence-electron chi connectivity index (χ2n) is 4.11. The van der Waals surface area contributed by atoms with Gasteiger partial charge < -0.3 is 15.2 Å². The molecule has 2 rings (SSSR count). The predicted octanol–water partition coefficient (Wildman–Crippen LogP) is 2.37. The minimum atomic E-state index is 0.553. The monoisotopic (exact) mass is 246 g/mol. The van der Waals surface area contributed by atoms with E-state index in [4.69, 9.17) is 15.2 Å². The van der Waals surface area contributed by atoms with Crippen LogP contribution in [0.1, 0.15) is 12.0 Å². The lowest BCUT2D eigenvalue weighted by Gasteiger charge is -2.08. The van der Waals surface area contributed by atoms with Crippen LogP contribution in [0.4, 0.5) is 5.69 Å². The lowest BCUT2D eigenvalue weighted by molar-refractivity contribution is 0.0934. The smallest absolute Gasteiger partial charge is 0.0777 e. The molecule has 96 valence electrons. The van der Waals surface area contributed by atoms with Gasteiger partial charge in [0.25, 0.3) is 0 Å². The van der Waals surface area contributed by atoms with E-state index in [9.17, 15) is 0 Å². The largest absolute Gasteiger partial charge is 0.398 e. The molecular weight excluding hydrogens is 228 g/mol. The Hall–Kier alpha value is -1.65. The van der Waals surface area contributed by atoms with Crippen LogP contribution in [-0.4, -0.2) is 25.3 Å². The summed E-state index contributed by atoms with van der Waals surface area (Å²) in [6.45, 7) is 1.96. The third-order valence-corrected chi connectivity index (χ3v) is 2.78. The van der Waals surface area contributed by atoms with Crippen LogP contribution in [0.25, 0.3) is 10.9 Å². The fraction of sp³-hybridized carbons (Fsp3) is 0.357. The summed E-state index contributed by atoms with van der Waals surface area (Å²) in [5.41, 5.74) is 8.66. The van der Waals surface area contributed by atoms with Crippen molar-refractivity contribution in [1.82, 2.24) is 4.98 Å². The van der Waals surface area contributed by atoms with Crippen molar-refractivity contribution in [3.63, 3.8) is 0 Å². The molecule has 18 heavy (non-hydrogen) atoms. The minimum Gasteiger partial charge on any atom is -0.398 e. The molecule has 0 aliphatic rings. The van der Waals surface area contributed by atoms with E-state index in [1.807, 2.05) is 24.3 Å². The normalized spacial score (nSPS) is 10.9. The molecule has 4 heteroatoms. The van der Waals surface area contributed by atoms with Crippen molar-refractivity contribution in [2.75, 3.05) is 26.1 Å². The Morgan fingerprint density at radius 2 is 2.11 bits per heavy atom. The first kappa shape index (κ1) is 12.8. The van der Waals surface area contributed by atoms with Crippen molar-refractivity contribution in [3.05, 3.63) is 36.0 Å². The third-order valence-electron chi connectivity index (χ3n) is 2.78. The van der Waals surface area contributed by atoms with E-state index in [1.54, 1.807) is 13.3 Å². The molecule has 2 aromatic rings. The molecule has 0 radical (unpaired) electrons. The Morgan fingerprint density at radius 1 is 1.22 bits per heavy atom. The summed E-state index contributed by atoms with van der Waals surface area (Å²) in [5, 5.41) is 0.982. The number of anilines is 1. The van der Waals surface area contributed by atoms with Gasteiger partial charge in [-0.3, -0.25) is 4.98 Å². The number of hydrogen-bond donors (Lipinski definition) is 1. The molecule has 0 amide bonds. The summed E-state index contributed by atoms with van der Waals surface area (Å²) in [4.78, 5) is 4.37. The number of ether oxygens (including phenoxy) is 2. The van der Waals surface area contributed by atoms with Gasteiger partial charge in [-0.05, 0) is 24.6 Å². The number of aromatic nitrogens is 1. The fourth-order valence-electron chi connectivity index (χ4n) is 1.86. The number of nitrogen functional groups attached to an aromatic ring is 1. The highest BCUT2D eigenvalue weighted by atomic mass is 16.5. The van der Waals surface area contributed by atoms with Gasteiger partial charge >= 0.3 is 0 Å². The van der Waals surface area contributed by atoms with Crippen molar-refractivity contribution in [3.8, 4) is 0 Å². The second kappa shape index (κ2) is 6.33. The maximum Gasteiger partial charge on any atom is 0.0777 e. The molecule has 0 unspecified atom stereocenters. The standard InChI is InChI=1S/C14H18N2O2/c1-17-8-3-9-18-10-11-5-6-13(15)12-4-2-7-16-14(11)12/h2,4-7H,3,8-10,15H2,1H3. The highest BCUT2D eigenvalue weighted by Gasteiger charge is 2.04. The van der Waals surface area contributed by atoms with Crippen LogP contribution < -0.4 is 5.73 Å². The van der Waals surface area contributed by atoms with Crippen LogP contribution >= 0.6 is 0 Å². The van der Waals surface area contributed by atoms with E-state index in [0.717, 1.165) is 35.2 Å². The maximum atomic E-state index is 5.92. The van der Waals surface area contributed by atoms with E-state index in [0.29, 0.717) is 13.2 Å². The number of nitrogens with zero attached hydrogens (tertiary/aromatic N) is 1. The van der Waals surface area contributed by atoms with Gasteiger partial charge in [0, 0.05) is 43.2 Å². The van der Waals surface area contributed by atoms with Gasteiger partial charge in [-0.1, -0.05) is 6.07 Å². The van der Waals surface area contributed by atoms with Crippen LogP contribution in [-0.2, 0) is 16.1 Å². The molecule has 0 bridgehead atoms. The van der Waals surface area contributed by atoms with Gasteiger partial charge in [0.1, 0.15) is 0 Å². The average molecular weight is 246 g/mol. The van der Waals surface area contributed by atoms with Crippen molar-refractivity contribution in [2.24, 2.45) is 0 Å². The molecule has 0 saturated carbocycles. The topological polar surface area (TPSA) is 57.4 Å². The van der Waals surface area contributed by atoms with Gasteiger partial charge in [0.15, 0.2) is 0 Å². The number of hydrogen-bond acceptors (Lipinski definition) is 4. The van der Waals surface area contributed by atoms with Gasteiger partial charge in [0.05, 0.1) is 12.1 Å². The fourth-order valence-corrected chi connectivity index (χ4v) is 1.86. The summed E-state index contributed by atoms with van der Waals surface area (Å²) in [7, 11) is 1.69. The Bertz CT molecular complexity index is 514. The van der Waals surface area contributed by atoms with E-state index in [-0.39, 0.29) is 0 Å². The molecule has 1 aromatic carbocycles. The molecule has 0 aliphatic carbocycles. The zero-order valence-corrected chi connectivity index (χ0v) is 10.6. The first-order chi connectivity index (χ1) is 8.83. The zero-order valence-electron chi connectivity index (χ0n) is 10.6. The van der Waals surface area contributed by atoms with E-state index >= 15 is 0 Å². The molecule has 2 N–H and O–H groups in total. The number of pyridine rings is 1. The van der Waals surface area contributed by atoms with Crippen molar-refractivity contribution in [2.45, 2.75) is 13.0 Å². The van der Waals surface area contributed by atoms with E-state index in [2.05, 4.69) is 4.98 Å². The summed E-state index contributed by atoms with van der Waals surface area (Å²) >= 11 is 0. The highest BCUT2D eigenvalue weighted by Crippen LogP contribution is 2.22. The average Bonchev–Trinajstić information content (AvgIpc) is 2.41. The number of rotatable bonds is 6. The number of methoxy groups -OCH3 is 1. The Kier molecular flexibility index (Phi) is 4.50. The third kappa shape index (κ3) is 2.97. The summed E-state index contributed by atoms with van der Waals surface area (Å²) in [5.74, 6) is 0. The van der Waals surface area contributed by atoms with Gasteiger partial charge in [-0.2, -0.15) is 0 Å². The number of benzene rings is 1. The van der Waals surface area contributed by atoms with Gasteiger partial charge in [0.2, 0.25) is 0 Å². The molecule has 1 heterocycles. The molecular formula is C14H18N2O2. The number of fused-ring (bicyclic) bond motifs is 1. The predicted molar refractivity (Wildman–Crippen MR) is 72.3 cm³/mol. The summed E-state index contributed by atoms with van der Waals surface area (Å²) < 4.78 is 10.6. The van der Waals surface area contributed by atoms with E-state index in [1.165, 1.54) is 0 Å². The van der Waals surface area contributed by atoms with Crippen molar-refractivity contribution >= 4 is 16.6 Å². The maximum absolute atomic E-state index is 5.92. The van der Waals surface area contributed by atoms with Crippen LogP contribution in [0.5, 0.6) is 0 Å². The number of nitrogens with two attached hydrogens (primary N) is 1. The van der Waals surface area contributed by atoms with Crippen LogP contribution in [0, 0.1) is 0 Å². The molecule has 0 aliphatic heterocycles. The lowest BCUT2D eigenvalue weighted by atomic mass is 10.1. The molecule has 0 saturated heterocycles. The van der Waals surface area contributed by atoms with Crippen molar-refractivity contribution in [1.29, 1.82) is 0 Å². The lowest BCUT2D eigenvalue weighted by Crippen LogP contribution is -2.01.